The van der Waals surface area contributed by atoms with Crippen molar-refractivity contribution in [2.45, 2.75) is 6.54 Å². The van der Waals surface area contributed by atoms with E-state index in [0.717, 1.165) is 0 Å². The van der Waals surface area contributed by atoms with Crippen molar-refractivity contribution in [2.24, 2.45) is 0 Å². The Morgan fingerprint density at radius 1 is 1.20 bits per heavy atom. The number of aromatic hydroxyl groups is 2. The van der Waals surface area contributed by atoms with Gasteiger partial charge in [0.1, 0.15) is 0 Å². The number of rotatable bonds is 2. The first-order valence-electron chi connectivity index (χ1n) is 4.02. The van der Waals surface area contributed by atoms with E-state index in [1.54, 1.807) is 0 Å². The number of hydrogen-bond donors (Lipinski definition) is 4. The number of carboxylic acids is 1. The minimum absolute atomic E-state index is 0.0288. The van der Waals surface area contributed by atoms with Gasteiger partial charge in [-0.1, -0.05) is 6.07 Å². The van der Waals surface area contributed by atoms with E-state index < -0.39 is 11.9 Å². The van der Waals surface area contributed by atoms with Crippen molar-refractivity contribution in [3.05, 3.63) is 23.8 Å². The van der Waals surface area contributed by atoms with Crippen molar-refractivity contribution >= 4 is 11.9 Å². The van der Waals surface area contributed by atoms with Crippen LogP contribution >= 0.6 is 0 Å². The van der Waals surface area contributed by atoms with Crippen LogP contribution in [0.4, 0.5) is 0 Å². The molecule has 0 unspecified atom stereocenters. The highest BCUT2D eigenvalue weighted by atomic mass is 16.4. The van der Waals surface area contributed by atoms with Crippen LogP contribution in [-0.4, -0.2) is 27.2 Å². The average Bonchev–Trinajstić information content (AvgIpc) is 2.19. The number of nitrogens with one attached hydrogen (secondary N) is 1. The molecular formula is C9H9NO5. The zero-order chi connectivity index (χ0) is 11.4. The summed E-state index contributed by atoms with van der Waals surface area (Å²) in [5, 5.41) is 28.4. The van der Waals surface area contributed by atoms with Gasteiger partial charge in [-0.25, -0.2) is 4.79 Å². The smallest absolute Gasteiger partial charge is 0.394 e. The van der Waals surface area contributed by atoms with Gasteiger partial charge in [-0.3, -0.25) is 4.79 Å². The van der Waals surface area contributed by atoms with Crippen LogP contribution in [0.3, 0.4) is 0 Å². The van der Waals surface area contributed by atoms with E-state index in [1.807, 2.05) is 0 Å². The lowest BCUT2D eigenvalue weighted by atomic mass is 10.2. The van der Waals surface area contributed by atoms with Crippen LogP contribution in [0.1, 0.15) is 5.56 Å². The first-order valence-corrected chi connectivity index (χ1v) is 4.02. The summed E-state index contributed by atoms with van der Waals surface area (Å²) in [7, 11) is 0. The van der Waals surface area contributed by atoms with Crippen LogP contribution < -0.4 is 5.32 Å². The molecule has 0 aliphatic rings. The van der Waals surface area contributed by atoms with Gasteiger partial charge in [-0.2, -0.15) is 0 Å². The Hall–Kier alpha value is -2.24. The van der Waals surface area contributed by atoms with E-state index in [0.29, 0.717) is 5.56 Å². The van der Waals surface area contributed by atoms with Crippen LogP contribution in [0.5, 0.6) is 11.5 Å². The Kier molecular flexibility index (Phi) is 3.12. The third-order valence-electron chi connectivity index (χ3n) is 1.69. The summed E-state index contributed by atoms with van der Waals surface area (Å²) < 4.78 is 0. The molecule has 15 heavy (non-hydrogen) atoms. The molecule has 0 saturated heterocycles. The monoisotopic (exact) mass is 211 g/mol. The van der Waals surface area contributed by atoms with Crippen molar-refractivity contribution in [1.82, 2.24) is 5.32 Å². The lowest BCUT2D eigenvalue weighted by Gasteiger charge is -2.03. The fraction of sp³-hybridized carbons (Fsp3) is 0.111. The molecule has 0 heterocycles. The normalized spacial score (nSPS) is 9.60. The lowest BCUT2D eigenvalue weighted by molar-refractivity contribution is -0.150. The minimum Gasteiger partial charge on any atom is -0.504 e. The summed E-state index contributed by atoms with van der Waals surface area (Å²) in [6.45, 7) is -0.0288. The maximum absolute atomic E-state index is 10.6. The van der Waals surface area contributed by atoms with Crippen molar-refractivity contribution in [3.8, 4) is 11.5 Å². The number of phenols is 2. The maximum atomic E-state index is 10.6. The van der Waals surface area contributed by atoms with E-state index >= 15 is 0 Å². The van der Waals surface area contributed by atoms with Crippen molar-refractivity contribution in [3.63, 3.8) is 0 Å². The molecule has 0 fully saturated rings. The SMILES string of the molecule is O=C(O)C(=O)NCc1ccc(O)c(O)c1. The molecule has 1 rings (SSSR count). The molecule has 1 aromatic rings. The summed E-state index contributed by atoms with van der Waals surface area (Å²) >= 11 is 0. The Balaban J connectivity index is 2.62. The second kappa shape index (κ2) is 4.32. The maximum Gasteiger partial charge on any atom is 0.394 e. The van der Waals surface area contributed by atoms with Gasteiger partial charge in [0.25, 0.3) is 0 Å². The Bertz CT molecular complexity index is 401. The zero-order valence-corrected chi connectivity index (χ0v) is 7.60. The summed E-state index contributed by atoms with van der Waals surface area (Å²) in [6, 6.07) is 3.94. The topological polar surface area (TPSA) is 107 Å². The fourth-order valence-corrected chi connectivity index (χ4v) is 0.937. The summed E-state index contributed by atoms with van der Waals surface area (Å²) in [5.74, 6) is -3.29. The standard InChI is InChI=1S/C9H9NO5/c11-6-2-1-5(3-7(6)12)4-10-8(13)9(14)15/h1-3,11-12H,4H2,(H,10,13)(H,14,15). The van der Waals surface area contributed by atoms with Gasteiger partial charge >= 0.3 is 11.9 Å². The van der Waals surface area contributed by atoms with Gasteiger partial charge in [0, 0.05) is 6.54 Å². The number of amides is 1. The highest BCUT2D eigenvalue weighted by Crippen LogP contribution is 2.24. The van der Waals surface area contributed by atoms with E-state index in [4.69, 9.17) is 15.3 Å². The van der Waals surface area contributed by atoms with E-state index in [-0.39, 0.29) is 18.0 Å². The van der Waals surface area contributed by atoms with E-state index in [2.05, 4.69) is 5.32 Å². The van der Waals surface area contributed by atoms with Crippen LogP contribution in [0.25, 0.3) is 0 Å². The largest absolute Gasteiger partial charge is 0.504 e. The van der Waals surface area contributed by atoms with Crippen molar-refractivity contribution in [2.75, 3.05) is 0 Å². The number of phenolic OH excluding ortho intramolecular Hbond substituents is 2. The molecule has 0 atom stereocenters. The summed E-state index contributed by atoms with van der Waals surface area (Å²) in [4.78, 5) is 20.8. The molecule has 0 aliphatic heterocycles. The fourth-order valence-electron chi connectivity index (χ4n) is 0.937. The molecule has 4 N–H and O–H groups in total. The Morgan fingerprint density at radius 3 is 2.40 bits per heavy atom. The van der Waals surface area contributed by atoms with Crippen LogP contribution in [0, 0.1) is 0 Å². The molecule has 0 aliphatic carbocycles. The number of carbonyl (C=O) groups is 2. The van der Waals surface area contributed by atoms with Gasteiger partial charge in [-0.15, -0.1) is 0 Å². The predicted molar refractivity (Wildman–Crippen MR) is 49.3 cm³/mol. The van der Waals surface area contributed by atoms with Crippen LogP contribution in [0.15, 0.2) is 18.2 Å². The highest BCUT2D eigenvalue weighted by Gasteiger charge is 2.10. The van der Waals surface area contributed by atoms with Crippen molar-refractivity contribution < 1.29 is 24.9 Å². The molecule has 0 radical (unpaired) electrons. The van der Waals surface area contributed by atoms with E-state index in [1.165, 1.54) is 18.2 Å². The predicted octanol–water partition coefficient (Wildman–Crippen LogP) is -0.201. The lowest BCUT2D eigenvalue weighted by Crippen LogP contribution is -2.29. The van der Waals surface area contributed by atoms with Gasteiger partial charge in [0.15, 0.2) is 11.5 Å². The third-order valence-corrected chi connectivity index (χ3v) is 1.69. The van der Waals surface area contributed by atoms with Crippen molar-refractivity contribution in [1.29, 1.82) is 0 Å². The second-order valence-corrected chi connectivity index (χ2v) is 2.81. The molecule has 0 aromatic heterocycles. The van der Waals surface area contributed by atoms with Gasteiger partial charge in [-0.05, 0) is 17.7 Å². The molecule has 80 valence electrons. The molecule has 6 heteroatoms. The second-order valence-electron chi connectivity index (χ2n) is 2.81. The average molecular weight is 211 g/mol. The van der Waals surface area contributed by atoms with E-state index in [9.17, 15) is 9.59 Å². The molecule has 1 aromatic carbocycles. The van der Waals surface area contributed by atoms with Crippen LogP contribution in [-0.2, 0) is 16.1 Å². The quantitative estimate of drug-likeness (QED) is 0.400. The molecule has 1 amide bonds. The number of benzene rings is 1. The first-order chi connectivity index (χ1) is 7.00. The highest BCUT2D eigenvalue weighted by molar-refractivity contribution is 6.31. The zero-order valence-electron chi connectivity index (χ0n) is 7.60. The first kappa shape index (κ1) is 10.8. The number of carbonyl (C=O) groups excluding carboxylic acids is 1. The summed E-state index contributed by atoms with van der Waals surface area (Å²) in [5.41, 5.74) is 0.486. The minimum atomic E-state index is -1.57. The number of hydrogen-bond acceptors (Lipinski definition) is 4. The van der Waals surface area contributed by atoms with Gasteiger partial charge in [0.05, 0.1) is 0 Å². The van der Waals surface area contributed by atoms with Gasteiger partial charge in [0.2, 0.25) is 0 Å². The third kappa shape index (κ3) is 2.87. The molecule has 0 spiro atoms. The number of carboxylic acid groups (broad SMARTS) is 1. The molecule has 0 bridgehead atoms. The Labute approximate surface area is 84.8 Å². The molecule has 6 nitrogen and oxygen atoms in total. The molecule has 0 saturated carbocycles. The van der Waals surface area contributed by atoms with Crippen LogP contribution in [0.2, 0.25) is 0 Å². The number of aliphatic carboxylic acids is 1. The Morgan fingerprint density at radius 2 is 1.87 bits per heavy atom. The summed E-state index contributed by atoms with van der Waals surface area (Å²) in [6.07, 6.45) is 0. The van der Waals surface area contributed by atoms with Gasteiger partial charge < -0.3 is 20.6 Å². The molecular weight excluding hydrogens is 202 g/mol.